The summed E-state index contributed by atoms with van der Waals surface area (Å²) in [5, 5.41) is 2.95. The van der Waals surface area contributed by atoms with Gasteiger partial charge in [0.1, 0.15) is 0 Å². The van der Waals surface area contributed by atoms with Crippen LogP contribution in [0.15, 0.2) is 0 Å². The predicted molar refractivity (Wildman–Crippen MR) is 66.1 cm³/mol. The monoisotopic (exact) mass is 227 g/mol. The van der Waals surface area contributed by atoms with E-state index in [0.717, 1.165) is 25.9 Å². The summed E-state index contributed by atoms with van der Waals surface area (Å²) in [6.45, 7) is 8.57. The van der Waals surface area contributed by atoms with Gasteiger partial charge in [0.05, 0.1) is 6.54 Å². The number of hydrogen-bond donors (Lipinski definition) is 2. The van der Waals surface area contributed by atoms with E-state index in [1.165, 1.54) is 0 Å². The van der Waals surface area contributed by atoms with Gasteiger partial charge in [-0.2, -0.15) is 0 Å². The zero-order valence-corrected chi connectivity index (χ0v) is 10.7. The molecule has 0 radical (unpaired) electrons. The van der Waals surface area contributed by atoms with Crippen LogP contribution in [0.4, 0.5) is 0 Å². The Balaban J connectivity index is 2.28. The van der Waals surface area contributed by atoms with Crippen molar-refractivity contribution >= 4 is 5.91 Å². The first-order valence-corrected chi connectivity index (χ1v) is 6.25. The number of carbonyl (C=O) groups is 1. The van der Waals surface area contributed by atoms with Crippen molar-refractivity contribution in [3.63, 3.8) is 0 Å². The lowest BCUT2D eigenvalue weighted by Crippen LogP contribution is -2.49. The van der Waals surface area contributed by atoms with Crippen LogP contribution in [0.25, 0.3) is 0 Å². The summed E-state index contributed by atoms with van der Waals surface area (Å²) >= 11 is 0. The van der Waals surface area contributed by atoms with Crippen LogP contribution in [0.2, 0.25) is 0 Å². The average molecular weight is 227 g/mol. The molecule has 1 fully saturated rings. The van der Waals surface area contributed by atoms with Crippen molar-refractivity contribution in [2.45, 2.75) is 45.7 Å². The van der Waals surface area contributed by atoms with Crippen molar-refractivity contribution in [3.05, 3.63) is 0 Å². The topological polar surface area (TPSA) is 58.4 Å². The molecule has 0 aromatic carbocycles. The molecule has 0 aromatic rings. The van der Waals surface area contributed by atoms with Crippen molar-refractivity contribution in [1.29, 1.82) is 0 Å². The van der Waals surface area contributed by atoms with Gasteiger partial charge >= 0.3 is 0 Å². The van der Waals surface area contributed by atoms with Gasteiger partial charge in [-0.3, -0.25) is 9.69 Å². The van der Waals surface area contributed by atoms with Crippen molar-refractivity contribution in [2.75, 3.05) is 19.6 Å². The molecule has 2 atom stereocenters. The number of nitrogens with zero attached hydrogens (tertiary/aromatic N) is 1. The second-order valence-corrected chi connectivity index (χ2v) is 5.30. The minimum Gasteiger partial charge on any atom is -0.355 e. The van der Waals surface area contributed by atoms with Gasteiger partial charge in [0, 0.05) is 25.2 Å². The molecular formula is C12H25N3O. The average Bonchev–Trinajstić information content (AvgIpc) is 2.19. The molecule has 0 aliphatic carbocycles. The van der Waals surface area contributed by atoms with Crippen LogP contribution in [0.1, 0.15) is 33.6 Å². The lowest BCUT2D eigenvalue weighted by atomic mass is 9.99. The van der Waals surface area contributed by atoms with Crippen LogP contribution in [0, 0.1) is 5.92 Å². The fraction of sp³-hybridized carbons (Fsp3) is 0.917. The lowest BCUT2D eigenvalue weighted by Gasteiger charge is -2.35. The minimum absolute atomic E-state index is 0.135. The zero-order chi connectivity index (χ0) is 12.1. The van der Waals surface area contributed by atoms with Crippen molar-refractivity contribution in [1.82, 2.24) is 10.2 Å². The van der Waals surface area contributed by atoms with Crippen LogP contribution < -0.4 is 11.1 Å². The van der Waals surface area contributed by atoms with E-state index < -0.39 is 0 Å². The molecule has 4 nitrogen and oxygen atoms in total. The molecule has 94 valence electrons. The van der Waals surface area contributed by atoms with Gasteiger partial charge in [-0.1, -0.05) is 13.8 Å². The van der Waals surface area contributed by atoms with Crippen molar-refractivity contribution < 1.29 is 4.79 Å². The number of piperidine rings is 1. The van der Waals surface area contributed by atoms with Crippen LogP contribution in [-0.4, -0.2) is 42.5 Å². The van der Waals surface area contributed by atoms with E-state index >= 15 is 0 Å². The summed E-state index contributed by atoms with van der Waals surface area (Å²) in [6, 6.07) is 0.735. The summed E-state index contributed by atoms with van der Waals surface area (Å²) in [5.41, 5.74) is 5.89. The predicted octanol–water partition coefficient (Wildman–Crippen LogP) is 0.570. The van der Waals surface area contributed by atoms with Gasteiger partial charge in [-0.05, 0) is 25.7 Å². The van der Waals surface area contributed by atoms with Gasteiger partial charge in [0.25, 0.3) is 0 Å². The number of hydrogen-bond acceptors (Lipinski definition) is 3. The SMILES string of the molecule is CC(C)CNC(=O)CN1CCC(N)CC1C. The fourth-order valence-corrected chi connectivity index (χ4v) is 2.05. The molecule has 1 amide bonds. The summed E-state index contributed by atoms with van der Waals surface area (Å²) in [5.74, 6) is 0.646. The third-order valence-electron chi connectivity index (χ3n) is 3.11. The summed E-state index contributed by atoms with van der Waals surface area (Å²) in [7, 11) is 0. The first-order valence-electron chi connectivity index (χ1n) is 6.25. The molecule has 1 aliphatic heterocycles. The van der Waals surface area contributed by atoms with Crippen LogP contribution in [0.3, 0.4) is 0 Å². The molecule has 1 rings (SSSR count). The summed E-state index contributed by atoms with van der Waals surface area (Å²) in [6.07, 6.45) is 2.00. The maximum atomic E-state index is 11.7. The Morgan fingerprint density at radius 1 is 1.56 bits per heavy atom. The number of carbonyl (C=O) groups excluding carboxylic acids is 1. The molecule has 16 heavy (non-hydrogen) atoms. The standard InChI is InChI=1S/C12H25N3O/c1-9(2)7-14-12(16)8-15-5-4-11(13)6-10(15)3/h9-11H,4-8,13H2,1-3H3,(H,14,16). The zero-order valence-electron chi connectivity index (χ0n) is 10.7. The lowest BCUT2D eigenvalue weighted by molar-refractivity contribution is -0.123. The van der Waals surface area contributed by atoms with Crippen molar-refractivity contribution in [2.24, 2.45) is 11.7 Å². The van der Waals surface area contributed by atoms with Crippen LogP contribution in [-0.2, 0) is 4.79 Å². The van der Waals surface area contributed by atoms with Crippen LogP contribution >= 0.6 is 0 Å². The Bertz CT molecular complexity index is 230. The highest BCUT2D eigenvalue weighted by Crippen LogP contribution is 2.14. The fourth-order valence-electron chi connectivity index (χ4n) is 2.05. The molecule has 3 N–H and O–H groups in total. The highest BCUT2D eigenvalue weighted by Gasteiger charge is 2.24. The van der Waals surface area contributed by atoms with Gasteiger partial charge < -0.3 is 11.1 Å². The molecule has 0 saturated carbocycles. The molecule has 0 aromatic heterocycles. The Morgan fingerprint density at radius 3 is 2.81 bits per heavy atom. The van der Waals surface area contributed by atoms with Crippen molar-refractivity contribution in [3.8, 4) is 0 Å². The third-order valence-corrected chi connectivity index (χ3v) is 3.11. The molecular weight excluding hydrogens is 202 g/mol. The summed E-state index contributed by atoms with van der Waals surface area (Å²) in [4.78, 5) is 13.9. The van der Waals surface area contributed by atoms with E-state index in [4.69, 9.17) is 5.73 Å². The smallest absolute Gasteiger partial charge is 0.234 e. The van der Waals surface area contributed by atoms with E-state index in [-0.39, 0.29) is 5.91 Å². The first-order chi connectivity index (χ1) is 7.49. The summed E-state index contributed by atoms with van der Waals surface area (Å²) < 4.78 is 0. The molecule has 1 heterocycles. The van der Waals surface area contributed by atoms with Gasteiger partial charge in [0.2, 0.25) is 5.91 Å². The Morgan fingerprint density at radius 2 is 2.25 bits per heavy atom. The normalized spacial score (nSPS) is 27.1. The van der Waals surface area contributed by atoms with E-state index in [9.17, 15) is 4.79 Å². The third kappa shape index (κ3) is 4.49. The first kappa shape index (κ1) is 13.5. The van der Waals surface area contributed by atoms with Gasteiger partial charge in [-0.15, -0.1) is 0 Å². The molecule has 0 spiro atoms. The second-order valence-electron chi connectivity index (χ2n) is 5.30. The van der Waals surface area contributed by atoms with E-state index in [0.29, 0.717) is 24.5 Å². The number of nitrogens with one attached hydrogen (secondary N) is 1. The molecule has 1 aliphatic rings. The Kier molecular flexibility index (Phi) is 5.22. The maximum absolute atomic E-state index is 11.7. The highest BCUT2D eigenvalue weighted by atomic mass is 16.2. The van der Waals surface area contributed by atoms with E-state index in [1.54, 1.807) is 0 Å². The Hall–Kier alpha value is -0.610. The second kappa shape index (κ2) is 6.21. The van der Waals surface area contributed by atoms with E-state index in [2.05, 4.69) is 31.0 Å². The maximum Gasteiger partial charge on any atom is 0.234 e. The molecule has 4 heteroatoms. The van der Waals surface area contributed by atoms with Gasteiger partial charge in [-0.25, -0.2) is 0 Å². The number of likely N-dealkylation sites (tertiary alicyclic amines) is 1. The van der Waals surface area contributed by atoms with Crippen LogP contribution in [0.5, 0.6) is 0 Å². The van der Waals surface area contributed by atoms with E-state index in [1.807, 2.05) is 0 Å². The number of nitrogens with two attached hydrogens (primary N) is 1. The largest absolute Gasteiger partial charge is 0.355 e. The molecule has 1 saturated heterocycles. The quantitative estimate of drug-likeness (QED) is 0.738. The van der Waals surface area contributed by atoms with Gasteiger partial charge in [0.15, 0.2) is 0 Å². The highest BCUT2D eigenvalue weighted by molar-refractivity contribution is 5.78. The molecule has 2 unspecified atom stereocenters. The number of rotatable bonds is 4. The Labute approximate surface area is 98.6 Å². The molecule has 0 bridgehead atoms. The minimum atomic E-state index is 0.135. The number of amides is 1.